The van der Waals surface area contributed by atoms with E-state index in [4.69, 9.17) is 10.5 Å². The van der Waals surface area contributed by atoms with Gasteiger partial charge in [-0.3, -0.25) is 4.90 Å². The molecule has 0 unspecified atom stereocenters. The molecule has 0 heterocycles. The minimum Gasteiger partial charge on any atom is -0.379 e. The van der Waals surface area contributed by atoms with Gasteiger partial charge in [-0.05, 0) is 12.8 Å². The van der Waals surface area contributed by atoms with Gasteiger partial charge in [-0.2, -0.15) is 0 Å². The Morgan fingerprint density at radius 2 is 2.23 bits per heavy atom. The highest BCUT2D eigenvalue weighted by Crippen LogP contribution is 2.26. The Labute approximate surface area is 80.5 Å². The molecule has 1 aliphatic carbocycles. The number of nitrogens with two attached hydrogens (primary N) is 1. The summed E-state index contributed by atoms with van der Waals surface area (Å²) in [6.45, 7) is 7.83. The van der Waals surface area contributed by atoms with Crippen molar-refractivity contribution in [2.75, 3.05) is 32.8 Å². The molecule has 1 rings (SSSR count). The molecule has 0 amide bonds. The first-order chi connectivity index (χ1) is 6.38. The molecule has 13 heavy (non-hydrogen) atoms. The minimum absolute atomic E-state index is 0.616. The van der Waals surface area contributed by atoms with Gasteiger partial charge in [0.2, 0.25) is 0 Å². The molecular formula is C10H20N2O. The summed E-state index contributed by atoms with van der Waals surface area (Å²) in [5.41, 5.74) is 5.32. The van der Waals surface area contributed by atoms with Crippen LogP contribution in [-0.4, -0.2) is 43.8 Å². The van der Waals surface area contributed by atoms with Crippen molar-refractivity contribution in [2.45, 2.75) is 18.9 Å². The van der Waals surface area contributed by atoms with Gasteiger partial charge in [0.15, 0.2) is 0 Å². The summed E-state index contributed by atoms with van der Waals surface area (Å²) in [6.07, 6.45) is 4.64. The van der Waals surface area contributed by atoms with E-state index in [0.717, 1.165) is 25.7 Å². The summed E-state index contributed by atoms with van der Waals surface area (Å²) < 4.78 is 5.34. The fourth-order valence-electron chi connectivity index (χ4n) is 1.40. The Morgan fingerprint density at radius 1 is 1.46 bits per heavy atom. The van der Waals surface area contributed by atoms with Gasteiger partial charge in [0.05, 0.1) is 13.2 Å². The van der Waals surface area contributed by atoms with Crippen molar-refractivity contribution in [3.63, 3.8) is 0 Å². The maximum atomic E-state index is 5.34. The maximum absolute atomic E-state index is 5.34. The van der Waals surface area contributed by atoms with E-state index in [1.54, 1.807) is 0 Å². The van der Waals surface area contributed by atoms with E-state index in [1.807, 2.05) is 6.08 Å². The van der Waals surface area contributed by atoms with Crippen molar-refractivity contribution in [3.8, 4) is 0 Å². The number of ether oxygens (including phenoxy) is 1. The molecular weight excluding hydrogens is 164 g/mol. The molecule has 1 fully saturated rings. The summed E-state index contributed by atoms with van der Waals surface area (Å²) in [5.74, 6) is 0. The van der Waals surface area contributed by atoms with Crippen LogP contribution in [0.3, 0.4) is 0 Å². The molecule has 0 saturated heterocycles. The fraction of sp³-hybridized carbons (Fsp3) is 0.800. The molecule has 0 radical (unpaired) electrons. The molecule has 2 N–H and O–H groups in total. The minimum atomic E-state index is 0.616. The summed E-state index contributed by atoms with van der Waals surface area (Å²) >= 11 is 0. The van der Waals surface area contributed by atoms with Crippen molar-refractivity contribution in [3.05, 3.63) is 12.7 Å². The second-order valence-corrected chi connectivity index (χ2v) is 3.42. The van der Waals surface area contributed by atoms with E-state index < -0.39 is 0 Å². The molecule has 0 atom stereocenters. The topological polar surface area (TPSA) is 38.5 Å². The van der Waals surface area contributed by atoms with Gasteiger partial charge >= 0.3 is 0 Å². The summed E-state index contributed by atoms with van der Waals surface area (Å²) in [5, 5.41) is 0. The number of nitrogens with zero attached hydrogens (tertiary/aromatic N) is 1. The second-order valence-electron chi connectivity index (χ2n) is 3.42. The van der Waals surface area contributed by atoms with Crippen LogP contribution in [-0.2, 0) is 4.74 Å². The van der Waals surface area contributed by atoms with E-state index in [9.17, 15) is 0 Å². The van der Waals surface area contributed by atoms with Crippen molar-refractivity contribution in [1.82, 2.24) is 4.90 Å². The van der Waals surface area contributed by atoms with Crippen LogP contribution in [0.2, 0.25) is 0 Å². The Bertz CT molecular complexity index is 146. The lowest BCUT2D eigenvalue weighted by atomic mass is 10.4. The van der Waals surface area contributed by atoms with Crippen LogP contribution in [0.1, 0.15) is 12.8 Å². The Hall–Kier alpha value is -0.380. The lowest BCUT2D eigenvalue weighted by Gasteiger charge is -2.19. The highest BCUT2D eigenvalue weighted by molar-refractivity contribution is 4.87. The smallest absolute Gasteiger partial charge is 0.0594 e. The second kappa shape index (κ2) is 6.13. The van der Waals surface area contributed by atoms with E-state index >= 15 is 0 Å². The van der Waals surface area contributed by atoms with Gasteiger partial charge < -0.3 is 10.5 Å². The third-order valence-electron chi connectivity index (χ3n) is 2.21. The van der Waals surface area contributed by atoms with Crippen molar-refractivity contribution in [1.29, 1.82) is 0 Å². The van der Waals surface area contributed by atoms with E-state index in [1.165, 1.54) is 12.8 Å². The Morgan fingerprint density at radius 3 is 2.77 bits per heavy atom. The van der Waals surface area contributed by atoms with Crippen LogP contribution < -0.4 is 5.73 Å². The van der Waals surface area contributed by atoms with Crippen LogP contribution in [0.4, 0.5) is 0 Å². The number of rotatable bonds is 8. The summed E-state index contributed by atoms with van der Waals surface area (Å²) in [7, 11) is 0. The van der Waals surface area contributed by atoms with Crippen LogP contribution in [0, 0.1) is 0 Å². The molecule has 0 aromatic heterocycles. The van der Waals surface area contributed by atoms with Crippen molar-refractivity contribution in [2.24, 2.45) is 5.73 Å². The standard InChI is InChI=1S/C10H20N2O/c1-2-6-12(10-3-4-10)7-9-13-8-5-11/h2,10H,1,3-9,11H2. The molecule has 0 aromatic rings. The predicted octanol–water partition coefficient (Wildman–Crippen LogP) is 0.612. The van der Waals surface area contributed by atoms with Gasteiger partial charge in [0.1, 0.15) is 0 Å². The largest absolute Gasteiger partial charge is 0.379 e. The first-order valence-electron chi connectivity index (χ1n) is 5.01. The van der Waals surface area contributed by atoms with Gasteiger partial charge in [-0.15, -0.1) is 6.58 Å². The van der Waals surface area contributed by atoms with Crippen LogP contribution in [0.25, 0.3) is 0 Å². The van der Waals surface area contributed by atoms with Gasteiger partial charge in [-0.1, -0.05) is 6.08 Å². The van der Waals surface area contributed by atoms with Gasteiger partial charge in [-0.25, -0.2) is 0 Å². The van der Waals surface area contributed by atoms with E-state index in [-0.39, 0.29) is 0 Å². The average Bonchev–Trinajstić information content (AvgIpc) is 2.93. The van der Waals surface area contributed by atoms with Crippen molar-refractivity contribution >= 4 is 0 Å². The van der Waals surface area contributed by atoms with Crippen molar-refractivity contribution < 1.29 is 4.74 Å². The molecule has 1 aliphatic rings. The maximum Gasteiger partial charge on any atom is 0.0594 e. The molecule has 0 aromatic carbocycles. The van der Waals surface area contributed by atoms with E-state index in [2.05, 4.69) is 11.5 Å². The summed E-state index contributed by atoms with van der Waals surface area (Å²) in [4.78, 5) is 2.42. The zero-order valence-corrected chi connectivity index (χ0v) is 8.24. The molecule has 0 spiro atoms. The first-order valence-corrected chi connectivity index (χ1v) is 5.01. The van der Waals surface area contributed by atoms with Crippen LogP contribution in [0.5, 0.6) is 0 Å². The zero-order valence-electron chi connectivity index (χ0n) is 8.24. The highest BCUT2D eigenvalue weighted by atomic mass is 16.5. The quantitative estimate of drug-likeness (QED) is 0.444. The predicted molar refractivity (Wildman–Crippen MR) is 54.7 cm³/mol. The number of hydrogen-bond acceptors (Lipinski definition) is 3. The molecule has 1 saturated carbocycles. The number of hydrogen-bond donors (Lipinski definition) is 1. The lowest BCUT2D eigenvalue weighted by Crippen LogP contribution is -2.30. The van der Waals surface area contributed by atoms with Crippen LogP contribution in [0.15, 0.2) is 12.7 Å². The van der Waals surface area contributed by atoms with Gasteiger partial charge in [0.25, 0.3) is 0 Å². The normalized spacial score (nSPS) is 16.5. The molecule has 3 nitrogen and oxygen atoms in total. The molecule has 3 heteroatoms. The molecule has 0 bridgehead atoms. The third kappa shape index (κ3) is 4.41. The SMILES string of the molecule is C=CCN(CCOCCN)C1CC1. The Kier molecular flexibility index (Phi) is 5.05. The zero-order chi connectivity index (χ0) is 9.52. The monoisotopic (exact) mass is 184 g/mol. The first kappa shape index (κ1) is 10.7. The Balaban J connectivity index is 2.03. The van der Waals surface area contributed by atoms with Gasteiger partial charge in [0, 0.05) is 25.7 Å². The fourth-order valence-corrected chi connectivity index (χ4v) is 1.40. The molecule has 0 aliphatic heterocycles. The summed E-state index contributed by atoms with van der Waals surface area (Å²) in [6, 6.07) is 0.791. The van der Waals surface area contributed by atoms with Crippen LogP contribution >= 0.6 is 0 Å². The highest BCUT2D eigenvalue weighted by Gasteiger charge is 2.27. The third-order valence-corrected chi connectivity index (χ3v) is 2.21. The average molecular weight is 184 g/mol. The lowest BCUT2D eigenvalue weighted by molar-refractivity contribution is 0.110. The van der Waals surface area contributed by atoms with E-state index in [0.29, 0.717) is 13.2 Å². The molecule has 76 valence electrons.